The van der Waals surface area contributed by atoms with Gasteiger partial charge >= 0.3 is 304 Å². The van der Waals surface area contributed by atoms with Crippen LogP contribution in [0.4, 0.5) is 0 Å². The van der Waals surface area contributed by atoms with Crippen molar-refractivity contribution in [2.45, 2.75) is 53.4 Å². The number of halogens is 2. The standard InChI is InChI=1S/2C14H11O.2C5H5.2C3H6.2ClH.2Hf/c2*1-15-13-8-4-6-11-9-10-5-2-3-7-12(10)14(11)13;2*1-2-4-5-3-1;2*1-3-2;;;;/h2*2-5,7-8H,9H2,1H3;2*1-3H,4H2;2*1-2H3;2*1H;;. The van der Waals surface area contributed by atoms with Gasteiger partial charge in [-0.05, 0) is 0 Å². The Balaban J connectivity index is 0.000000187. The van der Waals surface area contributed by atoms with E-state index in [0.717, 1.165) is 37.2 Å². The summed E-state index contributed by atoms with van der Waals surface area (Å²) in [5.41, 5.74) is 11.4. The van der Waals surface area contributed by atoms with Gasteiger partial charge in [0, 0.05) is 0 Å². The van der Waals surface area contributed by atoms with E-state index in [0.29, 0.717) is 0 Å². The van der Waals surface area contributed by atoms with Crippen molar-refractivity contribution in [1.29, 1.82) is 0 Å². The number of ether oxygens (including phenoxy) is 2. The zero-order valence-corrected chi connectivity index (χ0v) is 38.7. The number of hydrogen-bond acceptors (Lipinski definition) is 2. The van der Waals surface area contributed by atoms with Crippen LogP contribution in [0.25, 0.3) is 22.3 Å². The predicted molar refractivity (Wildman–Crippen MR) is 213 cm³/mol. The van der Waals surface area contributed by atoms with Crippen molar-refractivity contribution < 1.29 is 51.4 Å². The van der Waals surface area contributed by atoms with Crippen LogP contribution >= 0.6 is 24.8 Å². The normalized spacial score (nSPS) is 13.6. The predicted octanol–water partition coefficient (Wildman–Crippen LogP) is 9.98. The Hall–Kier alpha value is -2.50. The van der Waals surface area contributed by atoms with Crippen molar-refractivity contribution in [2.24, 2.45) is 0 Å². The summed E-state index contributed by atoms with van der Waals surface area (Å²) in [6.45, 7) is 9.39. The van der Waals surface area contributed by atoms with Crippen LogP contribution in [0.3, 0.4) is 0 Å². The largest absolute Gasteiger partial charge is 0.147 e. The molecule has 0 radical (unpaired) electrons. The molecule has 4 aromatic carbocycles. The molecule has 256 valence electrons. The van der Waals surface area contributed by atoms with E-state index in [1.54, 1.807) is 34.0 Å². The first-order chi connectivity index (χ1) is 23.4. The molecule has 0 amide bonds. The fourth-order valence-electron chi connectivity index (χ4n) is 8.03. The molecule has 0 fully saturated rings. The molecule has 8 rings (SSSR count). The van der Waals surface area contributed by atoms with Crippen LogP contribution in [0.1, 0.15) is 62.8 Å². The topological polar surface area (TPSA) is 18.5 Å². The maximum atomic E-state index is 5.72. The van der Waals surface area contributed by atoms with Crippen molar-refractivity contribution in [3.8, 4) is 33.8 Å². The first-order valence-electron chi connectivity index (χ1n) is 17.0. The molecule has 0 unspecified atom stereocenters. The van der Waals surface area contributed by atoms with Gasteiger partial charge in [0.25, 0.3) is 0 Å². The number of methoxy groups -OCH3 is 2. The molecule has 0 aliphatic heterocycles. The summed E-state index contributed by atoms with van der Waals surface area (Å²) in [4.78, 5) is 0. The van der Waals surface area contributed by atoms with E-state index in [-0.39, 0.29) is 24.8 Å². The van der Waals surface area contributed by atoms with Crippen molar-refractivity contribution in [1.82, 2.24) is 0 Å². The maximum absolute atomic E-state index is 5.72. The van der Waals surface area contributed by atoms with Crippen molar-refractivity contribution in [2.75, 3.05) is 14.2 Å². The monoisotopic (exact) mass is 1040 g/mol. The molecule has 50 heavy (non-hydrogen) atoms. The summed E-state index contributed by atoms with van der Waals surface area (Å²) in [5, 5.41) is 0. The zero-order chi connectivity index (χ0) is 33.4. The summed E-state index contributed by atoms with van der Waals surface area (Å²) in [7, 11) is 3.58. The van der Waals surface area contributed by atoms with Crippen LogP contribution in [-0.4, -0.2) is 20.7 Å². The van der Waals surface area contributed by atoms with Crippen LogP contribution in [0.15, 0.2) is 116 Å². The van der Waals surface area contributed by atoms with E-state index in [1.165, 1.54) is 44.5 Å². The zero-order valence-electron chi connectivity index (χ0n) is 29.9. The molecular formula is C44H46Cl2Hf2O2. The SMILES string of the molecule is COc1cc[c]([Hf]([C]2=CC=CC2)=[C](C)C)c2c1-c1ccccc1C2.COc1cc[c]([Hf]([C]2=CC=CC2)=[C](C)C)c2c1-c1ccccc1C2.Cl.Cl. The van der Waals surface area contributed by atoms with Gasteiger partial charge in [-0.15, -0.1) is 24.8 Å². The first-order valence-corrected chi connectivity index (χ1v) is 27.8. The van der Waals surface area contributed by atoms with Crippen LogP contribution in [0, 0.1) is 0 Å². The minimum atomic E-state index is -2.15. The Morgan fingerprint density at radius 3 is 1.28 bits per heavy atom. The van der Waals surface area contributed by atoms with Gasteiger partial charge in [-0.1, -0.05) is 0 Å². The number of benzene rings is 4. The van der Waals surface area contributed by atoms with Crippen molar-refractivity contribution >= 4 is 38.0 Å². The van der Waals surface area contributed by atoms with E-state index in [4.69, 9.17) is 9.47 Å². The average molecular weight is 1030 g/mol. The van der Waals surface area contributed by atoms with Crippen LogP contribution < -0.4 is 16.1 Å². The van der Waals surface area contributed by atoms with E-state index in [1.807, 2.05) is 0 Å². The Morgan fingerprint density at radius 1 is 0.540 bits per heavy atom. The molecule has 4 aliphatic carbocycles. The summed E-state index contributed by atoms with van der Waals surface area (Å²) in [5.74, 6) is 2.05. The Morgan fingerprint density at radius 2 is 0.940 bits per heavy atom. The van der Waals surface area contributed by atoms with E-state index in [2.05, 4.69) is 137 Å². The van der Waals surface area contributed by atoms with Gasteiger partial charge in [0.1, 0.15) is 0 Å². The molecule has 0 N–H and O–H groups in total. The Labute approximate surface area is 325 Å². The van der Waals surface area contributed by atoms with Gasteiger partial charge in [-0.2, -0.15) is 0 Å². The fraction of sp³-hybridized carbons (Fsp3) is 0.227. The third kappa shape index (κ3) is 7.25. The summed E-state index contributed by atoms with van der Waals surface area (Å²) >= 11 is -4.31. The second kappa shape index (κ2) is 16.9. The van der Waals surface area contributed by atoms with E-state index >= 15 is 0 Å². The van der Waals surface area contributed by atoms with Gasteiger partial charge < -0.3 is 0 Å². The molecular weight excluding hydrogens is 988 g/mol. The first kappa shape index (κ1) is 38.7. The third-order valence-corrected chi connectivity index (χ3v) is 31.7. The van der Waals surface area contributed by atoms with Gasteiger partial charge in [0.15, 0.2) is 0 Å². The molecule has 0 bridgehead atoms. The molecule has 2 nitrogen and oxygen atoms in total. The summed E-state index contributed by atoms with van der Waals surface area (Å²) in [6.07, 6.45) is 18.3. The van der Waals surface area contributed by atoms with Gasteiger partial charge in [-0.3, -0.25) is 0 Å². The second-order valence-corrected chi connectivity index (χ2v) is 34.5. The molecule has 0 spiro atoms. The Bertz CT molecular complexity index is 1990. The average Bonchev–Trinajstić information content (AvgIpc) is 3.92. The van der Waals surface area contributed by atoms with Gasteiger partial charge in [0.05, 0.1) is 0 Å². The second-order valence-electron chi connectivity index (χ2n) is 13.4. The number of hydrogen-bond donors (Lipinski definition) is 0. The maximum Gasteiger partial charge on any atom is -0.147 e. The molecule has 6 heteroatoms. The third-order valence-electron chi connectivity index (χ3n) is 10.0. The molecule has 0 saturated heterocycles. The molecule has 4 aromatic rings. The number of rotatable bonds is 6. The Kier molecular flexibility index (Phi) is 13.1. The minimum absolute atomic E-state index is 0. The van der Waals surface area contributed by atoms with E-state index < -0.39 is 41.9 Å². The summed E-state index contributed by atoms with van der Waals surface area (Å²) in [6, 6.07) is 26.8. The van der Waals surface area contributed by atoms with Crippen LogP contribution in [-0.2, 0) is 54.8 Å². The smallest absolute Gasteiger partial charge is 0.147 e. The van der Waals surface area contributed by atoms with Crippen LogP contribution in [0.2, 0.25) is 0 Å². The summed E-state index contributed by atoms with van der Waals surface area (Å²) < 4.78 is 21.5. The molecule has 4 aliphatic rings. The molecule has 0 heterocycles. The van der Waals surface area contributed by atoms with Gasteiger partial charge in [0.2, 0.25) is 0 Å². The molecule has 0 atom stereocenters. The molecule has 0 aromatic heterocycles. The fourth-order valence-corrected chi connectivity index (χ4v) is 28.7. The van der Waals surface area contributed by atoms with Crippen molar-refractivity contribution in [3.63, 3.8) is 0 Å². The van der Waals surface area contributed by atoms with Crippen LogP contribution in [0.5, 0.6) is 11.5 Å². The molecule has 0 saturated carbocycles. The van der Waals surface area contributed by atoms with Gasteiger partial charge in [-0.25, -0.2) is 0 Å². The number of fused-ring (bicyclic) bond motifs is 6. The van der Waals surface area contributed by atoms with Crippen molar-refractivity contribution in [3.05, 3.63) is 138 Å². The minimum Gasteiger partial charge on any atom is -0.147 e. The van der Waals surface area contributed by atoms with E-state index in [9.17, 15) is 0 Å². The number of allylic oxidation sites excluding steroid dienone is 8. The quantitative estimate of drug-likeness (QED) is 0.155.